The summed E-state index contributed by atoms with van der Waals surface area (Å²) in [6.45, 7) is 0. The Hall–Kier alpha value is -3.00. The molecular weight excluding hydrogens is 801 g/mol. The van der Waals surface area contributed by atoms with Crippen molar-refractivity contribution in [1.82, 2.24) is 0 Å². The SMILES string of the molecule is c1csc2ccc(cc2)sccsc2ccc(cc2)sccsc2ccc(cc2)sccsc2ccc(cc2)sccsc2ccc(cc2)s1. The van der Waals surface area contributed by atoms with E-state index >= 15 is 0 Å². The highest BCUT2D eigenvalue weighted by Crippen LogP contribution is 2.19. The molecule has 5 aromatic carbocycles. The van der Waals surface area contributed by atoms with Crippen molar-refractivity contribution in [2.45, 2.75) is 0 Å². The van der Waals surface area contributed by atoms with Crippen LogP contribution in [0.2, 0.25) is 0 Å². The standard InChI is InChI=1S/C40H30S10/c1-2-32-4-3-31(1)41-21-22-43-33-5-7-35(8-6-33)45-25-26-47-37-13-15-39(16-14-37)49-29-30-50-40-19-17-38(18-20-40)48-28-27-46-36-11-9-34(10-12-36)44-24-23-42-32/h1-30H. The molecule has 11 aromatic rings. The predicted octanol–water partition coefficient (Wildman–Crippen LogP) is 17.6. The first-order valence-electron chi connectivity index (χ1n) is 15.2. The van der Waals surface area contributed by atoms with Gasteiger partial charge in [0.25, 0.3) is 0 Å². The lowest BCUT2D eigenvalue weighted by Gasteiger charge is -1.88. The molecule has 0 radical (unpaired) electrons. The van der Waals surface area contributed by atoms with Gasteiger partial charge in [-0.25, -0.2) is 0 Å². The van der Waals surface area contributed by atoms with Crippen LogP contribution in [0.15, 0.2) is 175 Å². The van der Waals surface area contributed by atoms with Gasteiger partial charge in [-0.2, -0.15) is 0 Å². The van der Waals surface area contributed by atoms with E-state index in [9.17, 15) is 0 Å². The smallest absolute Gasteiger partial charge is 0.0271 e. The second kappa shape index (κ2) is 20.8. The minimum absolute atomic E-state index is 1.23. The lowest BCUT2D eigenvalue weighted by molar-refractivity contribution is 1.94. The maximum atomic E-state index is 2.19. The van der Waals surface area contributed by atoms with Gasteiger partial charge in [0, 0.05) is 101 Å². The predicted molar refractivity (Wildman–Crippen MR) is 243 cm³/mol. The molecule has 0 nitrogen and oxygen atoms in total. The summed E-state index contributed by atoms with van der Waals surface area (Å²) >= 11 is 17.4. The largest absolute Gasteiger partial charge is 0.144 e. The van der Waals surface area contributed by atoms with Crippen LogP contribution in [0.25, 0.3) is 47.0 Å². The molecule has 11 rings (SSSR count). The summed E-state index contributed by atoms with van der Waals surface area (Å²) in [7, 11) is 0. The zero-order valence-electron chi connectivity index (χ0n) is 26.4. The third kappa shape index (κ3) is 13.0. The Kier molecular flexibility index (Phi) is 15.3. The van der Waals surface area contributed by atoms with Crippen LogP contribution in [0.5, 0.6) is 0 Å². The Morgan fingerprint density at radius 3 is 0.300 bits per heavy atom. The second-order valence-corrected chi connectivity index (χ2v) is 19.7. The van der Waals surface area contributed by atoms with Gasteiger partial charge in [-0.15, -0.1) is 113 Å². The first-order chi connectivity index (χ1) is 24.7. The van der Waals surface area contributed by atoms with Crippen LogP contribution in [-0.2, 0) is 0 Å². The maximum absolute atomic E-state index is 2.19. The summed E-state index contributed by atoms with van der Waals surface area (Å²) in [5, 5.41) is 21.6. The molecule has 0 amide bonds. The molecule has 10 heteroatoms. The maximum Gasteiger partial charge on any atom is 0.0271 e. The molecule has 0 spiro atoms. The van der Waals surface area contributed by atoms with Gasteiger partial charge in [0.2, 0.25) is 0 Å². The van der Waals surface area contributed by atoms with Crippen molar-refractivity contribution in [2.75, 3.05) is 0 Å². The van der Waals surface area contributed by atoms with Crippen LogP contribution in [0.4, 0.5) is 0 Å². The van der Waals surface area contributed by atoms with Crippen molar-refractivity contribution in [3.63, 3.8) is 0 Å². The van der Waals surface area contributed by atoms with Gasteiger partial charge < -0.3 is 0 Å². The van der Waals surface area contributed by atoms with Crippen molar-refractivity contribution < 1.29 is 0 Å². The summed E-state index contributed by atoms with van der Waals surface area (Å²) < 4.78 is 12.3. The van der Waals surface area contributed by atoms with E-state index in [1.807, 2.05) is 0 Å². The molecule has 0 aliphatic rings. The average Bonchev–Trinajstić information content (AvgIpc) is 3.16. The molecule has 0 atom stereocenters. The Balaban J connectivity index is 1.29. The molecule has 0 saturated carbocycles. The fraction of sp³-hybridized carbons (Fsp3) is 0. The van der Waals surface area contributed by atoms with Crippen molar-refractivity contribution in [3.8, 4) is 0 Å². The molecule has 250 valence electrons. The Bertz CT molecular complexity index is 1860. The second-order valence-electron chi connectivity index (χ2n) is 9.90. The normalized spacial score (nSPS) is 10.0. The lowest BCUT2D eigenvalue weighted by Crippen LogP contribution is -1.59. The van der Waals surface area contributed by atoms with Crippen LogP contribution in [0.3, 0.4) is 0 Å². The Morgan fingerprint density at radius 1 is 0.140 bits per heavy atom. The lowest BCUT2D eigenvalue weighted by atomic mass is 10.4. The van der Waals surface area contributed by atoms with Crippen molar-refractivity contribution in [2.24, 2.45) is 0 Å². The first-order valence-corrected chi connectivity index (χ1v) is 24.0. The van der Waals surface area contributed by atoms with Crippen LogP contribution in [-0.4, -0.2) is 0 Å². The van der Waals surface area contributed by atoms with Gasteiger partial charge in [0.1, 0.15) is 0 Å². The van der Waals surface area contributed by atoms with E-state index in [4.69, 9.17) is 0 Å². The van der Waals surface area contributed by atoms with Gasteiger partial charge in [-0.1, -0.05) is 0 Å². The molecule has 0 N–H and O–H groups in total. The summed E-state index contributed by atoms with van der Waals surface area (Å²) in [5.41, 5.74) is 0. The molecule has 0 aliphatic heterocycles. The Morgan fingerprint density at radius 2 is 0.220 bits per heavy atom. The van der Waals surface area contributed by atoms with E-state index in [-0.39, 0.29) is 0 Å². The molecule has 10 bridgehead atoms. The molecule has 0 unspecified atom stereocenters. The third-order valence-corrected chi connectivity index (χ3v) is 15.5. The molecule has 6 heterocycles. The van der Waals surface area contributed by atoms with E-state index in [0.29, 0.717) is 0 Å². The zero-order valence-corrected chi connectivity index (χ0v) is 34.6. The van der Waals surface area contributed by atoms with Gasteiger partial charge in [0.05, 0.1) is 0 Å². The monoisotopic (exact) mass is 830 g/mol. The van der Waals surface area contributed by atoms with Crippen molar-refractivity contribution >= 4 is 160 Å². The Labute approximate surface area is 332 Å². The minimum atomic E-state index is 1.23. The van der Waals surface area contributed by atoms with Gasteiger partial charge >= 0.3 is 0 Å². The summed E-state index contributed by atoms with van der Waals surface area (Å²) in [5.74, 6) is 0. The number of hydrogen-bond acceptors (Lipinski definition) is 10. The summed E-state index contributed by atoms with van der Waals surface area (Å²) in [4.78, 5) is 0. The highest BCUT2D eigenvalue weighted by molar-refractivity contribution is 7.21. The van der Waals surface area contributed by atoms with Crippen LogP contribution in [0.1, 0.15) is 0 Å². The fourth-order valence-corrected chi connectivity index (χ4v) is 10.8. The van der Waals surface area contributed by atoms with Crippen LogP contribution >= 0.6 is 113 Å². The van der Waals surface area contributed by atoms with E-state index < -0.39 is 0 Å². The fourth-order valence-electron chi connectivity index (χ4n) is 4.05. The number of rotatable bonds is 0. The quantitative estimate of drug-likeness (QED) is 0.143. The highest BCUT2D eigenvalue weighted by Gasteiger charge is 1.86. The number of benzene rings is 5. The third-order valence-electron chi connectivity index (χ3n) is 6.44. The highest BCUT2D eigenvalue weighted by atomic mass is 32.1. The average molecular weight is 831 g/mol. The molecular formula is C40H30S10. The van der Waals surface area contributed by atoms with Gasteiger partial charge in [-0.3, -0.25) is 0 Å². The molecule has 0 saturated heterocycles. The number of hydrogen-bond donors (Lipinski definition) is 0. The van der Waals surface area contributed by atoms with Crippen molar-refractivity contribution in [3.05, 3.63) is 175 Å². The topological polar surface area (TPSA) is 0 Å². The zero-order chi connectivity index (χ0) is 34.1. The van der Waals surface area contributed by atoms with E-state index in [1.54, 1.807) is 113 Å². The summed E-state index contributed by atoms with van der Waals surface area (Å²) in [6, 6.07) is 43.7. The first kappa shape index (κ1) is 36.8. The van der Waals surface area contributed by atoms with E-state index in [1.165, 1.54) is 47.0 Å². The van der Waals surface area contributed by atoms with Gasteiger partial charge in [0.15, 0.2) is 0 Å². The minimum Gasteiger partial charge on any atom is -0.144 e. The molecule has 0 fully saturated rings. The van der Waals surface area contributed by atoms with Crippen molar-refractivity contribution in [1.29, 1.82) is 0 Å². The van der Waals surface area contributed by atoms with E-state index in [2.05, 4.69) is 175 Å². The van der Waals surface area contributed by atoms with Crippen LogP contribution < -0.4 is 0 Å². The van der Waals surface area contributed by atoms with Gasteiger partial charge in [-0.05, 0) is 121 Å². The van der Waals surface area contributed by atoms with Crippen LogP contribution in [0, 0.1) is 0 Å². The summed E-state index contributed by atoms with van der Waals surface area (Å²) in [6.07, 6.45) is 0. The molecule has 6 aromatic heterocycles. The number of fused-ring (bicyclic) bond motifs is 5. The molecule has 0 aliphatic carbocycles. The van der Waals surface area contributed by atoms with E-state index in [0.717, 1.165) is 0 Å². The molecule has 50 heavy (non-hydrogen) atoms.